The molecule has 0 bridgehead atoms. The summed E-state index contributed by atoms with van der Waals surface area (Å²) in [7, 11) is 0. The number of rotatable bonds is 4. The van der Waals surface area contributed by atoms with Gasteiger partial charge in [-0.3, -0.25) is 4.79 Å². The van der Waals surface area contributed by atoms with Crippen molar-refractivity contribution < 1.29 is 9.18 Å². The SMILES string of the molecule is CC(C)N(C(=O)CCl)[C@@H](C)c1ccc(F)cc1. The number of carbonyl (C=O) groups is 1. The molecule has 0 N–H and O–H groups in total. The molecule has 1 rings (SSSR count). The molecule has 0 saturated carbocycles. The van der Waals surface area contributed by atoms with Gasteiger partial charge >= 0.3 is 0 Å². The Morgan fingerprint density at radius 1 is 1.29 bits per heavy atom. The van der Waals surface area contributed by atoms with Gasteiger partial charge in [0.15, 0.2) is 0 Å². The van der Waals surface area contributed by atoms with E-state index in [0.29, 0.717) is 0 Å². The molecule has 4 heteroatoms. The van der Waals surface area contributed by atoms with E-state index in [1.54, 1.807) is 17.0 Å². The highest BCUT2D eigenvalue weighted by Crippen LogP contribution is 2.23. The number of halogens is 2. The molecule has 0 unspecified atom stereocenters. The summed E-state index contributed by atoms with van der Waals surface area (Å²) in [5, 5.41) is 0. The van der Waals surface area contributed by atoms with Crippen molar-refractivity contribution in [2.45, 2.75) is 32.9 Å². The molecule has 0 aliphatic heterocycles. The van der Waals surface area contributed by atoms with Crippen LogP contribution in [0.5, 0.6) is 0 Å². The van der Waals surface area contributed by atoms with Crippen LogP contribution in [0.4, 0.5) is 4.39 Å². The summed E-state index contributed by atoms with van der Waals surface area (Å²) in [5.41, 5.74) is 0.901. The molecular weight excluding hydrogens is 241 g/mol. The first kappa shape index (κ1) is 14.0. The first-order chi connectivity index (χ1) is 7.97. The molecule has 0 aromatic heterocycles. The third-order valence-electron chi connectivity index (χ3n) is 2.73. The molecule has 0 aliphatic rings. The largest absolute Gasteiger partial charge is 0.332 e. The second kappa shape index (κ2) is 6.01. The number of benzene rings is 1. The van der Waals surface area contributed by atoms with Crippen LogP contribution in [0, 0.1) is 5.82 Å². The summed E-state index contributed by atoms with van der Waals surface area (Å²) >= 11 is 5.60. The van der Waals surface area contributed by atoms with E-state index in [0.717, 1.165) is 5.56 Å². The molecule has 0 saturated heterocycles. The van der Waals surface area contributed by atoms with Crippen molar-refractivity contribution in [3.8, 4) is 0 Å². The fourth-order valence-corrected chi connectivity index (χ4v) is 2.06. The van der Waals surface area contributed by atoms with Crippen LogP contribution >= 0.6 is 11.6 Å². The molecule has 0 radical (unpaired) electrons. The third kappa shape index (κ3) is 3.43. The molecule has 0 fully saturated rings. The lowest BCUT2D eigenvalue weighted by atomic mass is 10.1. The normalized spacial score (nSPS) is 12.6. The van der Waals surface area contributed by atoms with Gasteiger partial charge in [0.1, 0.15) is 11.7 Å². The smallest absolute Gasteiger partial charge is 0.238 e. The standard InChI is InChI=1S/C13H17ClFNO/c1-9(2)16(13(17)8-14)10(3)11-4-6-12(15)7-5-11/h4-7,9-10H,8H2,1-3H3/t10-/m0/s1. The van der Waals surface area contributed by atoms with E-state index >= 15 is 0 Å². The van der Waals surface area contributed by atoms with Crippen molar-refractivity contribution in [3.05, 3.63) is 35.6 Å². The fourth-order valence-electron chi connectivity index (χ4n) is 1.92. The minimum atomic E-state index is -0.277. The van der Waals surface area contributed by atoms with Gasteiger partial charge in [-0.05, 0) is 38.5 Å². The number of nitrogens with zero attached hydrogens (tertiary/aromatic N) is 1. The van der Waals surface area contributed by atoms with E-state index < -0.39 is 0 Å². The van der Waals surface area contributed by atoms with E-state index in [2.05, 4.69) is 0 Å². The Morgan fingerprint density at radius 3 is 2.24 bits per heavy atom. The highest BCUT2D eigenvalue weighted by molar-refractivity contribution is 6.27. The number of alkyl halides is 1. The molecule has 94 valence electrons. The predicted octanol–water partition coefficient (Wildman–Crippen LogP) is 3.36. The minimum Gasteiger partial charge on any atom is -0.332 e. The molecule has 0 heterocycles. The van der Waals surface area contributed by atoms with Crippen LogP contribution in [0.3, 0.4) is 0 Å². The van der Waals surface area contributed by atoms with E-state index in [9.17, 15) is 9.18 Å². The van der Waals surface area contributed by atoms with Crippen LogP contribution in [-0.4, -0.2) is 22.7 Å². The molecule has 17 heavy (non-hydrogen) atoms. The second-order valence-electron chi connectivity index (χ2n) is 4.26. The maximum Gasteiger partial charge on any atom is 0.238 e. The van der Waals surface area contributed by atoms with E-state index in [1.807, 2.05) is 20.8 Å². The number of hydrogen-bond acceptors (Lipinski definition) is 1. The zero-order chi connectivity index (χ0) is 13.0. The molecule has 1 aromatic rings. The van der Waals surface area contributed by atoms with Crippen molar-refractivity contribution in [3.63, 3.8) is 0 Å². The van der Waals surface area contributed by atoms with Crippen molar-refractivity contribution in [1.29, 1.82) is 0 Å². The Morgan fingerprint density at radius 2 is 1.82 bits per heavy atom. The minimum absolute atomic E-state index is 0.0380. The molecule has 1 amide bonds. The topological polar surface area (TPSA) is 20.3 Å². The van der Waals surface area contributed by atoms with Crippen molar-refractivity contribution in [2.75, 3.05) is 5.88 Å². The van der Waals surface area contributed by atoms with E-state index in [4.69, 9.17) is 11.6 Å². The third-order valence-corrected chi connectivity index (χ3v) is 2.96. The number of carbonyl (C=O) groups excluding carboxylic acids is 1. The van der Waals surface area contributed by atoms with Gasteiger partial charge in [-0.15, -0.1) is 11.6 Å². The molecule has 1 aromatic carbocycles. The molecular formula is C13H17ClFNO. The Labute approximate surface area is 106 Å². The van der Waals surface area contributed by atoms with Crippen LogP contribution < -0.4 is 0 Å². The summed E-state index contributed by atoms with van der Waals surface area (Å²) in [4.78, 5) is 13.5. The van der Waals surface area contributed by atoms with Crippen LogP contribution in [0.2, 0.25) is 0 Å². The lowest BCUT2D eigenvalue weighted by Crippen LogP contribution is -2.39. The highest BCUT2D eigenvalue weighted by Gasteiger charge is 2.23. The average Bonchev–Trinajstić information content (AvgIpc) is 2.29. The number of hydrogen-bond donors (Lipinski definition) is 0. The lowest BCUT2D eigenvalue weighted by molar-refractivity contribution is -0.132. The molecule has 1 atom stereocenters. The highest BCUT2D eigenvalue weighted by atomic mass is 35.5. The first-order valence-electron chi connectivity index (χ1n) is 5.60. The van der Waals surface area contributed by atoms with E-state index in [1.165, 1.54) is 12.1 Å². The van der Waals surface area contributed by atoms with Gasteiger partial charge in [-0.25, -0.2) is 4.39 Å². The van der Waals surface area contributed by atoms with Crippen LogP contribution in [0.1, 0.15) is 32.4 Å². The summed E-state index contributed by atoms with van der Waals surface area (Å²) in [6.45, 7) is 5.78. The van der Waals surface area contributed by atoms with Gasteiger partial charge in [0.25, 0.3) is 0 Å². The zero-order valence-corrected chi connectivity index (χ0v) is 11.0. The Balaban J connectivity index is 2.95. The van der Waals surface area contributed by atoms with Gasteiger partial charge in [0.2, 0.25) is 5.91 Å². The fraction of sp³-hybridized carbons (Fsp3) is 0.462. The Bertz CT molecular complexity index is 378. The summed E-state index contributed by atoms with van der Waals surface area (Å²) in [6, 6.07) is 6.13. The monoisotopic (exact) mass is 257 g/mol. The Hall–Kier alpha value is -1.09. The number of amides is 1. The predicted molar refractivity (Wildman–Crippen MR) is 67.5 cm³/mol. The maximum absolute atomic E-state index is 12.8. The molecule has 0 spiro atoms. The molecule has 0 aliphatic carbocycles. The van der Waals surface area contributed by atoms with Crippen molar-refractivity contribution in [2.24, 2.45) is 0 Å². The van der Waals surface area contributed by atoms with Gasteiger partial charge in [0, 0.05) is 6.04 Å². The van der Waals surface area contributed by atoms with Crippen molar-refractivity contribution in [1.82, 2.24) is 4.90 Å². The molecule has 2 nitrogen and oxygen atoms in total. The van der Waals surface area contributed by atoms with Gasteiger partial charge in [0.05, 0.1) is 6.04 Å². The van der Waals surface area contributed by atoms with E-state index in [-0.39, 0.29) is 29.7 Å². The van der Waals surface area contributed by atoms with Crippen LogP contribution in [0.15, 0.2) is 24.3 Å². The summed E-state index contributed by atoms with van der Waals surface area (Å²) in [5.74, 6) is -0.428. The maximum atomic E-state index is 12.8. The van der Waals surface area contributed by atoms with Gasteiger partial charge < -0.3 is 4.90 Å². The summed E-state index contributed by atoms with van der Waals surface area (Å²) < 4.78 is 12.8. The van der Waals surface area contributed by atoms with Crippen LogP contribution in [-0.2, 0) is 4.79 Å². The quantitative estimate of drug-likeness (QED) is 0.758. The first-order valence-corrected chi connectivity index (χ1v) is 6.13. The second-order valence-corrected chi connectivity index (χ2v) is 4.52. The van der Waals surface area contributed by atoms with Gasteiger partial charge in [-0.1, -0.05) is 12.1 Å². The van der Waals surface area contributed by atoms with Gasteiger partial charge in [-0.2, -0.15) is 0 Å². The lowest BCUT2D eigenvalue weighted by Gasteiger charge is -2.32. The summed E-state index contributed by atoms with van der Waals surface area (Å²) in [6.07, 6.45) is 0. The Kier molecular flexibility index (Phi) is 4.94. The zero-order valence-electron chi connectivity index (χ0n) is 10.3. The van der Waals surface area contributed by atoms with Crippen LogP contribution in [0.25, 0.3) is 0 Å². The average molecular weight is 258 g/mol. The van der Waals surface area contributed by atoms with Crippen molar-refractivity contribution >= 4 is 17.5 Å².